The van der Waals surface area contributed by atoms with Crippen molar-refractivity contribution in [2.24, 2.45) is 22.2 Å². The highest BCUT2D eigenvalue weighted by Crippen LogP contribution is 2.04. The highest BCUT2D eigenvalue weighted by molar-refractivity contribution is 6.00. The molecular formula is C54H87N19O25. The van der Waals surface area contributed by atoms with Crippen molar-refractivity contribution in [3.05, 3.63) is 35.9 Å². The molecule has 0 unspecified atom stereocenters. The van der Waals surface area contributed by atoms with Crippen molar-refractivity contribution in [3.63, 3.8) is 0 Å². The number of benzene rings is 1. The molecule has 0 aliphatic heterocycles. The molecule has 15 amide bonds. The van der Waals surface area contributed by atoms with Crippen LogP contribution >= 0.6 is 0 Å². The number of hydrogen-bond donors (Lipinski definition) is 27. The fourth-order valence-electron chi connectivity index (χ4n) is 7.78. The molecule has 0 bridgehead atoms. The van der Waals surface area contributed by atoms with Crippen molar-refractivity contribution in [2.75, 3.05) is 79.0 Å². The molecule has 1 aromatic rings. The molecule has 0 saturated carbocycles. The van der Waals surface area contributed by atoms with Gasteiger partial charge in [0.25, 0.3) is 0 Å². The molecule has 1 aromatic carbocycles. The lowest BCUT2D eigenvalue weighted by Gasteiger charge is -2.26. The van der Waals surface area contributed by atoms with Gasteiger partial charge in [0.15, 0.2) is 5.96 Å². The Kier molecular flexibility index (Phi) is 39.5. The summed E-state index contributed by atoms with van der Waals surface area (Å²) in [6.07, 6.45) is -1.76. The Labute approximate surface area is 557 Å². The second-order valence-electron chi connectivity index (χ2n) is 21.1. The summed E-state index contributed by atoms with van der Waals surface area (Å²) in [4.78, 5) is 208. The zero-order chi connectivity index (χ0) is 74.4. The average Bonchev–Trinajstić information content (AvgIpc) is 0.884. The summed E-state index contributed by atoms with van der Waals surface area (Å²) < 4.78 is 0. The molecule has 44 heteroatoms. The van der Waals surface area contributed by atoms with Crippen LogP contribution in [0.3, 0.4) is 0 Å². The van der Waals surface area contributed by atoms with Crippen LogP contribution < -0.4 is 97.0 Å². The molecule has 0 spiro atoms. The second-order valence-corrected chi connectivity index (χ2v) is 21.1. The lowest BCUT2D eigenvalue weighted by molar-refractivity contribution is -0.143. The maximum atomic E-state index is 13.4. The standard InChI is InChI=1S/C54H87N19O25/c1-24(42(86)59-13-39(84)67-36(23-80)53(97)98)63-47(91)31(18-75)69-50(94)34(21-78)71-49(93)33(20-77)68-43(87)25(2)64-48(92)32(19-76)70-51(95)35(22-79)72-52(96)41(26(3)81)73-40(85)16-61-45(89)29(10-7-11-58-54(56)57)65-37(82)15-62-46(90)30(17-74)66-38(83)14-60-44(88)28(55)12-27-8-5-4-6-9-27/h4-6,8-9,24-26,28-36,41,74-81H,7,10-23,55H2,1-3H3,(H,59,86)(H,60,88)(H,61,89)(H,62,90)(H,63,91)(H,64,92)(H,65,82)(H,66,83)(H,67,84)(H,68,87)(H,69,94)(H,70,95)(H,71,93)(H,72,96)(H,73,85)(H,97,98)(H4,56,57,58)/t24-,25-,26+,28-,29-,30-,31-,32-,33-,34-,35-,36-,41-/m0/s1. The van der Waals surface area contributed by atoms with E-state index in [1.165, 1.54) is 0 Å². The number of guanidine groups is 1. The molecule has 44 nitrogen and oxygen atoms in total. The van der Waals surface area contributed by atoms with Crippen LogP contribution in [0.15, 0.2) is 35.3 Å². The molecule has 548 valence electrons. The zero-order valence-corrected chi connectivity index (χ0v) is 53.2. The van der Waals surface area contributed by atoms with Gasteiger partial charge in [0.2, 0.25) is 88.6 Å². The Hall–Kier alpha value is -10.4. The van der Waals surface area contributed by atoms with Crippen LogP contribution in [0.25, 0.3) is 0 Å². The first-order valence-corrected chi connectivity index (χ1v) is 29.6. The van der Waals surface area contributed by atoms with Crippen LogP contribution in [-0.2, 0) is 83.1 Å². The molecule has 0 saturated heterocycles. The van der Waals surface area contributed by atoms with Crippen molar-refractivity contribution < 1.29 is 123 Å². The number of carboxylic acids is 1. The molecular weight excluding hydrogens is 1310 g/mol. The quantitative estimate of drug-likeness (QED) is 0.0164. The molecule has 0 fully saturated rings. The molecule has 0 aromatic heterocycles. The van der Waals surface area contributed by atoms with Gasteiger partial charge < -0.3 is 143 Å². The number of nitrogens with two attached hydrogens (primary N) is 3. The van der Waals surface area contributed by atoms with E-state index in [0.717, 1.165) is 26.3 Å². The summed E-state index contributed by atoms with van der Waals surface area (Å²) in [6.45, 7) is -7.99. The minimum absolute atomic E-state index is 0.0437. The molecule has 0 heterocycles. The fraction of sp³-hybridized carbons (Fsp3) is 0.574. The topological polar surface area (TPSA) is 726 Å². The summed E-state index contributed by atoms with van der Waals surface area (Å²) >= 11 is 0. The molecule has 13 atom stereocenters. The van der Waals surface area contributed by atoms with Gasteiger partial charge in [-0.3, -0.25) is 76.9 Å². The molecule has 0 aliphatic carbocycles. The number of aliphatic hydroxyl groups is 8. The van der Waals surface area contributed by atoms with E-state index in [-0.39, 0.29) is 31.8 Å². The molecule has 1 rings (SSSR count). The second kappa shape index (κ2) is 45.2. The zero-order valence-electron chi connectivity index (χ0n) is 53.2. The maximum Gasteiger partial charge on any atom is 0.328 e. The first-order chi connectivity index (χ1) is 46.2. The van der Waals surface area contributed by atoms with Gasteiger partial charge in [0.05, 0.1) is 84.6 Å². The third kappa shape index (κ3) is 31.9. The SMILES string of the molecule is C[C@H](NC(=O)[C@H](CO)NC(=O)[C@H](CO)NC(=O)[C@H](CO)NC(=O)[C@H](C)NC(=O)[C@H](CO)NC(=O)[C@H](CO)NC(=O)[C@@H](NC(=O)CNC(=O)[C@H](CCCN=C(N)N)NC(=O)CNC(=O)[C@H](CO)NC(=O)CNC(=O)[C@@H](N)Cc1ccccc1)[C@@H](C)O)C(=O)NCC(=O)N[C@@H](CO)C(=O)O. The van der Waals surface area contributed by atoms with Crippen LogP contribution in [0.2, 0.25) is 0 Å². The van der Waals surface area contributed by atoms with Crippen molar-refractivity contribution in [2.45, 2.75) is 119 Å². The minimum Gasteiger partial charge on any atom is -0.480 e. The summed E-state index contributed by atoms with van der Waals surface area (Å²) in [5, 5.41) is 119. The van der Waals surface area contributed by atoms with Gasteiger partial charge in [-0.15, -0.1) is 0 Å². The normalized spacial score (nSPS) is 14.8. The Morgan fingerprint density at radius 1 is 0.398 bits per heavy atom. The van der Waals surface area contributed by atoms with E-state index in [2.05, 4.69) is 52.8 Å². The Bertz CT molecular complexity index is 2940. The van der Waals surface area contributed by atoms with E-state index in [9.17, 15) is 112 Å². The highest BCUT2D eigenvalue weighted by atomic mass is 16.4. The number of aliphatic carboxylic acids is 1. The number of aliphatic hydroxyl groups excluding tert-OH is 8. The van der Waals surface area contributed by atoms with Gasteiger partial charge in [-0.25, -0.2) is 4.79 Å². The number of carbonyl (C=O) groups excluding carboxylic acids is 15. The number of carboxylic acid groups (broad SMARTS) is 1. The van der Waals surface area contributed by atoms with Crippen molar-refractivity contribution in [3.8, 4) is 0 Å². The maximum absolute atomic E-state index is 13.4. The number of amides is 15. The van der Waals surface area contributed by atoms with Gasteiger partial charge >= 0.3 is 5.97 Å². The third-order valence-electron chi connectivity index (χ3n) is 13.2. The van der Waals surface area contributed by atoms with E-state index in [1.807, 2.05) is 31.9 Å². The van der Waals surface area contributed by atoms with Crippen molar-refractivity contribution in [1.29, 1.82) is 0 Å². The number of hydrogen-bond acceptors (Lipinski definition) is 26. The van der Waals surface area contributed by atoms with Gasteiger partial charge in [-0.1, -0.05) is 30.3 Å². The molecule has 30 N–H and O–H groups in total. The number of carbonyl (C=O) groups is 16. The number of nitrogens with zero attached hydrogens (tertiary/aromatic N) is 1. The first kappa shape index (κ1) is 85.7. The van der Waals surface area contributed by atoms with Crippen molar-refractivity contribution in [1.82, 2.24) is 79.8 Å². The number of rotatable bonds is 45. The van der Waals surface area contributed by atoms with Crippen molar-refractivity contribution >= 4 is 101 Å². The highest BCUT2D eigenvalue weighted by Gasteiger charge is 2.35. The number of aliphatic imine (C=N–C) groups is 1. The summed E-state index contributed by atoms with van der Waals surface area (Å²) in [5.74, 6) is -18.9. The first-order valence-electron chi connectivity index (χ1n) is 29.6. The monoisotopic (exact) mass is 1400 g/mol. The molecule has 98 heavy (non-hydrogen) atoms. The van der Waals surface area contributed by atoms with Gasteiger partial charge in [0, 0.05) is 6.54 Å². The van der Waals surface area contributed by atoms with Crippen LogP contribution in [0, 0.1) is 0 Å². The Morgan fingerprint density at radius 2 is 0.724 bits per heavy atom. The molecule has 0 radical (unpaired) electrons. The predicted octanol–water partition coefficient (Wildman–Crippen LogP) is -17.1. The summed E-state index contributed by atoms with van der Waals surface area (Å²) in [7, 11) is 0. The van der Waals surface area contributed by atoms with E-state index < -0.39 is 246 Å². The largest absolute Gasteiger partial charge is 0.480 e. The minimum atomic E-state index is -1.99. The van der Waals surface area contributed by atoms with E-state index in [4.69, 9.17) is 27.4 Å². The number of nitrogens with one attached hydrogen (secondary N) is 15. The van der Waals surface area contributed by atoms with Crippen LogP contribution in [-0.4, -0.2) is 304 Å². The summed E-state index contributed by atoms with van der Waals surface area (Å²) in [5.41, 5.74) is 17.4. The lowest BCUT2D eigenvalue weighted by atomic mass is 10.1. The lowest BCUT2D eigenvalue weighted by Crippen LogP contribution is -2.62. The predicted molar refractivity (Wildman–Crippen MR) is 332 cm³/mol. The Balaban J connectivity index is 2.89. The van der Waals surface area contributed by atoms with Gasteiger partial charge in [-0.05, 0) is 45.6 Å². The summed E-state index contributed by atoms with van der Waals surface area (Å²) in [6, 6.07) is -11.8. The van der Waals surface area contributed by atoms with Gasteiger partial charge in [-0.2, -0.15) is 0 Å². The van der Waals surface area contributed by atoms with E-state index in [0.29, 0.717) is 0 Å². The van der Waals surface area contributed by atoms with E-state index >= 15 is 0 Å². The average molecular weight is 1400 g/mol. The van der Waals surface area contributed by atoms with Crippen LogP contribution in [0.5, 0.6) is 0 Å². The van der Waals surface area contributed by atoms with Crippen LogP contribution in [0.4, 0.5) is 0 Å². The van der Waals surface area contributed by atoms with Crippen LogP contribution in [0.1, 0.15) is 39.2 Å². The molecule has 0 aliphatic rings. The smallest absolute Gasteiger partial charge is 0.328 e. The van der Waals surface area contributed by atoms with E-state index in [1.54, 1.807) is 30.3 Å². The fourth-order valence-corrected chi connectivity index (χ4v) is 7.78. The van der Waals surface area contributed by atoms with Gasteiger partial charge in [0.1, 0.15) is 66.5 Å². The Morgan fingerprint density at radius 3 is 1.12 bits per heavy atom. The third-order valence-corrected chi connectivity index (χ3v) is 13.2.